The number of allylic oxidation sites excluding steroid dienone is 2. The maximum Gasteiger partial charge on any atom is 0.673 e. The van der Waals surface area contributed by atoms with Crippen LogP contribution in [0, 0.1) is 3.57 Å². The second-order valence-corrected chi connectivity index (χ2v) is 6.60. The number of rotatable bonds is 2. The van der Waals surface area contributed by atoms with Crippen LogP contribution in [0.25, 0.3) is 0 Å². The van der Waals surface area contributed by atoms with Crippen LogP contribution in [0.3, 0.4) is 0 Å². The Morgan fingerprint density at radius 1 is 1.00 bits per heavy atom. The number of halogens is 5. The van der Waals surface area contributed by atoms with Gasteiger partial charge >= 0.3 is 28.5 Å². The first kappa shape index (κ1) is 14.5. The van der Waals surface area contributed by atoms with Crippen molar-refractivity contribution in [2.45, 2.75) is 19.3 Å². The van der Waals surface area contributed by atoms with E-state index in [1.807, 2.05) is 0 Å². The van der Waals surface area contributed by atoms with Crippen molar-refractivity contribution in [3.05, 3.63) is 43.6 Å². The topological polar surface area (TPSA) is 0 Å². The van der Waals surface area contributed by atoms with Crippen LogP contribution in [0.1, 0.15) is 19.3 Å². The van der Waals surface area contributed by atoms with Gasteiger partial charge < -0.3 is 17.3 Å². The molecular weight excluding hydrogens is 346 g/mol. The summed E-state index contributed by atoms with van der Waals surface area (Å²) in [6.45, 7) is 0. The van der Waals surface area contributed by atoms with Crippen LogP contribution in [-0.2, 0) is 0 Å². The molecule has 0 saturated heterocycles. The molecule has 94 valence electrons. The Morgan fingerprint density at radius 2 is 1.59 bits per heavy atom. The standard InChI is InChI=1S/C11H12I.BF4/c1-2-6-10(7-3-1)12-11-8-4-5-9-11;2-1(3,4)5/h1-3,6-8H,4-5,9H2;/q+1;-1. The summed E-state index contributed by atoms with van der Waals surface area (Å²) < 4.78 is 42.3. The van der Waals surface area contributed by atoms with Crippen molar-refractivity contribution in [3.63, 3.8) is 0 Å². The van der Waals surface area contributed by atoms with Gasteiger partial charge in [0.2, 0.25) is 0 Å². The van der Waals surface area contributed by atoms with E-state index in [1.165, 1.54) is 19.3 Å². The quantitative estimate of drug-likeness (QED) is 0.425. The lowest BCUT2D eigenvalue weighted by Crippen LogP contribution is -3.60. The van der Waals surface area contributed by atoms with Crippen molar-refractivity contribution in [1.29, 1.82) is 0 Å². The molecule has 6 heteroatoms. The van der Waals surface area contributed by atoms with Gasteiger partial charge in [-0.05, 0) is 31.1 Å². The molecule has 0 amide bonds. The van der Waals surface area contributed by atoms with Crippen LogP contribution >= 0.6 is 0 Å². The summed E-state index contributed by atoms with van der Waals surface area (Å²) in [4.78, 5) is 0. The van der Waals surface area contributed by atoms with Gasteiger partial charge in [0.25, 0.3) is 0 Å². The van der Waals surface area contributed by atoms with E-state index in [2.05, 4.69) is 36.4 Å². The van der Waals surface area contributed by atoms with Crippen LogP contribution in [0.15, 0.2) is 40.0 Å². The van der Waals surface area contributed by atoms with Gasteiger partial charge in [-0.3, -0.25) is 0 Å². The Hall–Kier alpha value is -0.525. The molecule has 0 radical (unpaired) electrons. The second kappa shape index (κ2) is 7.03. The van der Waals surface area contributed by atoms with Crippen molar-refractivity contribution in [1.82, 2.24) is 0 Å². The van der Waals surface area contributed by atoms with Crippen molar-refractivity contribution in [2.24, 2.45) is 0 Å². The fourth-order valence-corrected chi connectivity index (χ4v) is 4.09. The van der Waals surface area contributed by atoms with Crippen LogP contribution < -0.4 is 21.2 Å². The summed E-state index contributed by atoms with van der Waals surface area (Å²) in [5.74, 6) is 0. The van der Waals surface area contributed by atoms with E-state index in [9.17, 15) is 17.3 Å². The van der Waals surface area contributed by atoms with Crippen molar-refractivity contribution in [3.8, 4) is 0 Å². The van der Waals surface area contributed by atoms with Crippen LogP contribution in [0.2, 0.25) is 0 Å². The normalized spacial score (nSPS) is 14.9. The highest BCUT2D eigenvalue weighted by Gasteiger charge is 2.21. The van der Waals surface area contributed by atoms with Crippen LogP contribution in [0.4, 0.5) is 17.3 Å². The lowest BCUT2D eigenvalue weighted by Gasteiger charge is -1.94. The first-order chi connectivity index (χ1) is 7.95. The van der Waals surface area contributed by atoms with Gasteiger partial charge in [0, 0.05) is 6.42 Å². The van der Waals surface area contributed by atoms with Crippen LogP contribution in [-0.4, -0.2) is 7.25 Å². The lowest BCUT2D eigenvalue weighted by atomic mass is 10.3. The van der Waals surface area contributed by atoms with Gasteiger partial charge in [0.1, 0.15) is 0 Å². The van der Waals surface area contributed by atoms with E-state index >= 15 is 0 Å². The SMILES string of the molecule is C1=C([I+]c2ccccc2)CCC1.F[B-](F)(F)F. The molecule has 17 heavy (non-hydrogen) atoms. The molecule has 0 heterocycles. The van der Waals surface area contributed by atoms with Gasteiger partial charge in [0.15, 0.2) is 7.15 Å². The third kappa shape index (κ3) is 8.23. The molecule has 0 unspecified atom stereocenters. The van der Waals surface area contributed by atoms with Gasteiger partial charge in [-0.1, -0.05) is 18.2 Å². The molecule has 1 aliphatic rings. The Bertz CT molecular complexity index is 355. The van der Waals surface area contributed by atoms with E-state index in [0.717, 1.165) is 0 Å². The Balaban J connectivity index is 0.000000249. The average Bonchev–Trinajstić information content (AvgIpc) is 2.69. The molecule has 0 bridgehead atoms. The summed E-state index contributed by atoms with van der Waals surface area (Å²) in [6.07, 6.45) is 6.52. The minimum absolute atomic E-state index is 0.184. The molecule has 0 fully saturated rings. The summed E-state index contributed by atoms with van der Waals surface area (Å²) in [6, 6.07) is 10.9. The summed E-state index contributed by atoms with van der Waals surface area (Å²) in [5, 5.41) is 0. The molecular formula is C11H12BF4I. The minimum atomic E-state index is -6.00. The predicted octanol–water partition coefficient (Wildman–Crippen LogP) is 1.31. The molecule has 0 N–H and O–H groups in total. The van der Waals surface area contributed by atoms with E-state index in [1.54, 1.807) is 7.15 Å². The molecule has 0 atom stereocenters. The molecule has 0 saturated carbocycles. The zero-order chi connectivity index (χ0) is 12.7. The zero-order valence-corrected chi connectivity index (χ0v) is 11.2. The van der Waals surface area contributed by atoms with Gasteiger partial charge in [-0.25, -0.2) is 0 Å². The van der Waals surface area contributed by atoms with E-state index in [0.29, 0.717) is 0 Å². The van der Waals surface area contributed by atoms with Crippen molar-refractivity contribution in [2.75, 3.05) is 0 Å². The minimum Gasteiger partial charge on any atom is -0.418 e. The maximum absolute atomic E-state index is 9.75. The van der Waals surface area contributed by atoms with E-state index in [4.69, 9.17) is 0 Å². The molecule has 0 spiro atoms. The molecule has 2 rings (SSSR count). The molecule has 0 nitrogen and oxygen atoms in total. The summed E-state index contributed by atoms with van der Waals surface area (Å²) >= 11 is 0.184. The van der Waals surface area contributed by atoms with E-state index in [-0.39, 0.29) is 21.2 Å². The first-order valence-electron chi connectivity index (χ1n) is 5.21. The maximum atomic E-state index is 9.75. The Labute approximate surface area is 108 Å². The lowest BCUT2D eigenvalue weighted by molar-refractivity contribution is -0.578. The van der Waals surface area contributed by atoms with Gasteiger partial charge in [-0.15, -0.1) is 0 Å². The van der Waals surface area contributed by atoms with Crippen molar-refractivity contribution < 1.29 is 38.5 Å². The summed E-state index contributed by atoms with van der Waals surface area (Å²) in [5.41, 5.74) is 0. The highest BCUT2D eigenvalue weighted by molar-refractivity contribution is 6.50. The first-order valence-corrected chi connectivity index (χ1v) is 7.37. The molecule has 0 aliphatic heterocycles. The number of benzene rings is 1. The highest BCUT2D eigenvalue weighted by atomic mass is 127. The van der Waals surface area contributed by atoms with Gasteiger partial charge in [0.05, 0.1) is 0 Å². The molecule has 1 aromatic rings. The average molecular weight is 358 g/mol. The largest absolute Gasteiger partial charge is 0.673 e. The highest BCUT2D eigenvalue weighted by Crippen LogP contribution is 2.09. The van der Waals surface area contributed by atoms with Crippen molar-refractivity contribution >= 4 is 7.25 Å². The third-order valence-corrected chi connectivity index (χ3v) is 4.96. The zero-order valence-electron chi connectivity index (χ0n) is 9.05. The molecule has 1 aliphatic carbocycles. The fraction of sp³-hybridized carbons (Fsp3) is 0.273. The van der Waals surface area contributed by atoms with Crippen LogP contribution in [0.5, 0.6) is 0 Å². The number of hydrogen-bond donors (Lipinski definition) is 0. The molecule has 1 aromatic carbocycles. The number of hydrogen-bond acceptors (Lipinski definition) is 0. The third-order valence-electron chi connectivity index (χ3n) is 1.95. The summed E-state index contributed by atoms with van der Waals surface area (Å²) in [7, 11) is -6.00. The Morgan fingerprint density at radius 3 is 2.06 bits per heavy atom. The monoisotopic (exact) mass is 358 g/mol. The Kier molecular flexibility index (Phi) is 6.01. The van der Waals surface area contributed by atoms with Gasteiger partial charge in [-0.2, -0.15) is 0 Å². The molecule has 0 aromatic heterocycles. The predicted molar refractivity (Wildman–Crippen MR) is 57.3 cm³/mol. The van der Waals surface area contributed by atoms with E-state index < -0.39 is 7.25 Å². The fourth-order valence-electron chi connectivity index (χ4n) is 1.34. The smallest absolute Gasteiger partial charge is 0.418 e. The second-order valence-electron chi connectivity index (χ2n) is 3.43.